The highest BCUT2D eigenvalue weighted by Crippen LogP contribution is 2.24. The predicted molar refractivity (Wildman–Crippen MR) is 67.3 cm³/mol. The Bertz CT molecular complexity index is 324. The van der Waals surface area contributed by atoms with Crippen LogP contribution in [0.5, 0.6) is 0 Å². The molecular formula is C11H16ClNS. The molecule has 2 rings (SSSR count). The summed E-state index contributed by atoms with van der Waals surface area (Å²) in [5.41, 5.74) is 0.984. The van der Waals surface area contributed by atoms with Gasteiger partial charge in [0.2, 0.25) is 0 Å². The van der Waals surface area contributed by atoms with Crippen molar-refractivity contribution in [1.82, 2.24) is 4.98 Å². The Morgan fingerprint density at radius 3 is 2.21 bits per heavy atom. The minimum Gasteiger partial charge on any atom is -0.225 e. The van der Waals surface area contributed by atoms with Crippen LogP contribution in [0.1, 0.15) is 27.7 Å². The van der Waals surface area contributed by atoms with Crippen LogP contribution in [0.4, 0.5) is 0 Å². The third-order valence-electron chi connectivity index (χ3n) is 1.27. The first-order valence-corrected chi connectivity index (χ1v) is 6.07. The number of fused-ring (bicyclic) bond motifs is 1. The maximum atomic E-state index is 5.69. The fraction of sp³-hybridized carbons (Fsp3) is 0.364. The molecule has 3 heteroatoms. The maximum absolute atomic E-state index is 5.69. The highest BCUT2D eigenvalue weighted by molar-refractivity contribution is 7.22. The van der Waals surface area contributed by atoms with E-state index in [-0.39, 0.29) is 0 Å². The summed E-state index contributed by atoms with van der Waals surface area (Å²) in [6, 6.07) is 7.91. The summed E-state index contributed by atoms with van der Waals surface area (Å²) in [5.74, 6) is 0. The number of hydrogen-bond acceptors (Lipinski definition) is 2. The average molecular weight is 230 g/mol. The Labute approximate surface area is 94.7 Å². The highest BCUT2D eigenvalue weighted by atomic mass is 35.5. The van der Waals surface area contributed by atoms with Crippen molar-refractivity contribution in [2.24, 2.45) is 0 Å². The molecular weight excluding hydrogens is 214 g/mol. The quantitative estimate of drug-likeness (QED) is 0.619. The van der Waals surface area contributed by atoms with Gasteiger partial charge in [-0.05, 0) is 12.1 Å². The Hall–Kier alpha value is -0.600. The number of halogens is 1. The number of rotatable bonds is 0. The van der Waals surface area contributed by atoms with E-state index in [1.807, 2.05) is 52.0 Å². The molecule has 0 unspecified atom stereocenters. The standard InChI is InChI=1S/C7H4ClNS.2C2H6/c8-7-9-5-3-1-2-4-6(5)10-7;2*1-2/h1-4H;2*1-2H3. The number of benzene rings is 1. The van der Waals surface area contributed by atoms with Gasteiger partial charge in [-0.1, -0.05) is 51.4 Å². The average Bonchev–Trinajstić information content (AvgIpc) is 2.64. The van der Waals surface area contributed by atoms with E-state index in [0.717, 1.165) is 10.2 Å². The second-order valence-corrected chi connectivity index (χ2v) is 3.55. The lowest BCUT2D eigenvalue weighted by Gasteiger charge is -1.80. The molecule has 0 radical (unpaired) electrons. The SMILES string of the molecule is CC.CC.Clc1nc2ccccc2s1. The van der Waals surface area contributed by atoms with Crippen LogP contribution >= 0.6 is 22.9 Å². The Kier molecular flexibility index (Phi) is 7.44. The molecule has 0 aliphatic heterocycles. The van der Waals surface area contributed by atoms with Gasteiger partial charge in [0.25, 0.3) is 0 Å². The van der Waals surface area contributed by atoms with Gasteiger partial charge in [0, 0.05) is 0 Å². The minimum absolute atomic E-state index is 0.612. The molecule has 0 bridgehead atoms. The lowest BCUT2D eigenvalue weighted by molar-refractivity contribution is 1.50. The van der Waals surface area contributed by atoms with E-state index in [1.165, 1.54) is 11.3 Å². The third-order valence-corrected chi connectivity index (χ3v) is 2.41. The molecule has 0 aliphatic rings. The number of thiazole rings is 1. The summed E-state index contributed by atoms with van der Waals surface area (Å²) in [6.07, 6.45) is 0. The van der Waals surface area contributed by atoms with Crippen molar-refractivity contribution in [3.8, 4) is 0 Å². The predicted octanol–water partition coefficient (Wildman–Crippen LogP) is 5.00. The zero-order valence-corrected chi connectivity index (χ0v) is 10.6. The van der Waals surface area contributed by atoms with E-state index in [4.69, 9.17) is 11.6 Å². The zero-order chi connectivity index (χ0) is 11.0. The van der Waals surface area contributed by atoms with Gasteiger partial charge < -0.3 is 0 Å². The number of hydrogen-bond donors (Lipinski definition) is 0. The summed E-state index contributed by atoms with van der Waals surface area (Å²) in [6.45, 7) is 8.00. The Balaban J connectivity index is 0.000000379. The fourth-order valence-corrected chi connectivity index (χ4v) is 1.87. The molecule has 1 aromatic carbocycles. The number of para-hydroxylation sites is 1. The first-order chi connectivity index (χ1) is 6.86. The number of aromatic nitrogens is 1. The van der Waals surface area contributed by atoms with E-state index in [2.05, 4.69) is 4.98 Å². The third kappa shape index (κ3) is 3.64. The molecule has 1 nitrogen and oxygen atoms in total. The lowest BCUT2D eigenvalue weighted by atomic mass is 10.3. The van der Waals surface area contributed by atoms with Crippen LogP contribution in [0.15, 0.2) is 24.3 Å². The molecule has 14 heavy (non-hydrogen) atoms. The zero-order valence-electron chi connectivity index (χ0n) is 9.04. The normalized spacial score (nSPS) is 8.36. The van der Waals surface area contributed by atoms with Gasteiger partial charge >= 0.3 is 0 Å². The Morgan fingerprint density at radius 2 is 1.64 bits per heavy atom. The van der Waals surface area contributed by atoms with E-state index in [1.54, 1.807) is 0 Å². The van der Waals surface area contributed by atoms with Crippen molar-refractivity contribution < 1.29 is 0 Å². The second-order valence-electron chi connectivity index (χ2n) is 1.93. The molecule has 78 valence electrons. The summed E-state index contributed by atoms with van der Waals surface area (Å²) in [7, 11) is 0. The van der Waals surface area contributed by atoms with E-state index in [9.17, 15) is 0 Å². The van der Waals surface area contributed by atoms with Crippen molar-refractivity contribution in [2.75, 3.05) is 0 Å². The minimum atomic E-state index is 0.612. The van der Waals surface area contributed by atoms with Crippen LogP contribution < -0.4 is 0 Å². The van der Waals surface area contributed by atoms with E-state index < -0.39 is 0 Å². The molecule has 0 saturated heterocycles. The molecule has 1 heterocycles. The van der Waals surface area contributed by atoms with Crippen LogP contribution in [0.25, 0.3) is 10.2 Å². The molecule has 0 saturated carbocycles. The van der Waals surface area contributed by atoms with Gasteiger partial charge in [-0.15, -0.1) is 11.3 Å². The van der Waals surface area contributed by atoms with Crippen LogP contribution in [0, 0.1) is 0 Å². The largest absolute Gasteiger partial charge is 0.225 e. The second kappa shape index (κ2) is 7.77. The van der Waals surface area contributed by atoms with Gasteiger partial charge in [-0.25, -0.2) is 4.98 Å². The van der Waals surface area contributed by atoms with Gasteiger partial charge in [0.15, 0.2) is 4.47 Å². The van der Waals surface area contributed by atoms with Crippen molar-refractivity contribution in [1.29, 1.82) is 0 Å². The Morgan fingerprint density at radius 1 is 1.07 bits per heavy atom. The molecule has 2 aromatic rings. The molecule has 1 aromatic heterocycles. The summed E-state index contributed by atoms with van der Waals surface area (Å²) >= 11 is 7.20. The lowest BCUT2D eigenvalue weighted by Crippen LogP contribution is -1.62. The van der Waals surface area contributed by atoms with Crippen LogP contribution in [-0.4, -0.2) is 4.98 Å². The maximum Gasteiger partial charge on any atom is 0.184 e. The topological polar surface area (TPSA) is 12.9 Å². The smallest absolute Gasteiger partial charge is 0.184 e. The number of nitrogens with zero attached hydrogens (tertiary/aromatic N) is 1. The van der Waals surface area contributed by atoms with Crippen molar-refractivity contribution in [3.63, 3.8) is 0 Å². The summed E-state index contributed by atoms with van der Waals surface area (Å²) in [5, 5.41) is 0. The summed E-state index contributed by atoms with van der Waals surface area (Å²) in [4.78, 5) is 4.10. The van der Waals surface area contributed by atoms with Gasteiger partial charge in [-0.3, -0.25) is 0 Å². The van der Waals surface area contributed by atoms with Crippen LogP contribution in [0.3, 0.4) is 0 Å². The fourth-order valence-electron chi connectivity index (χ4n) is 0.844. The van der Waals surface area contributed by atoms with E-state index >= 15 is 0 Å². The van der Waals surface area contributed by atoms with E-state index in [0.29, 0.717) is 4.47 Å². The van der Waals surface area contributed by atoms with Gasteiger partial charge in [-0.2, -0.15) is 0 Å². The van der Waals surface area contributed by atoms with Gasteiger partial charge in [0.1, 0.15) is 0 Å². The van der Waals surface area contributed by atoms with Crippen molar-refractivity contribution in [2.45, 2.75) is 27.7 Å². The first kappa shape index (κ1) is 13.4. The molecule has 0 aliphatic carbocycles. The molecule has 0 amide bonds. The van der Waals surface area contributed by atoms with Gasteiger partial charge in [0.05, 0.1) is 10.2 Å². The molecule has 0 fully saturated rings. The molecule has 0 N–H and O–H groups in total. The first-order valence-electron chi connectivity index (χ1n) is 4.87. The monoisotopic (exact) mass is 229 g/mol. The molecule has 0 spiro atoms. The van der Waals surface area contributed by atoms with Crippen molar-refractivity contribution in [3.05, 3.63) is 28.7 Å². The highest BCUT2D eigenvalue weighted by Gasteiger charge is 1.97. The van der Waals surface area contributed by atoms with Crippen molar-refractivity contribution >= 4 is 33.2 Å². The van der Waals surface area contributed by atoms with Crippen LogP contribution in [0.2, 0.25) is 4.47 Å². The molecule has 0 atom stereocenters. The van der Waals surface area contributed by atoms with Crippen LogP contribution in [-0.2, 0) is 0 Å². The summed E-state index contributed by atoms with van der Waals surface area (Å²) < 4.78 is 1.76.